The van der Waals surface area contributed by atoms with Crippen molar-refractivity contribution in [3.05, 3.63) is 35.9 Å². The number of nitrogens with one attached hydrogen (secondary N) is 2. The SMILES string of the molecule is C[C@@H](Sc1nncn1C)C(=O)NCC(=O)Nc1ccc(F)c(F)c1F. The van der Waals surface area contributed by atoms with Gasteiger partial charge in [0.15, 0.2) is 22.6 Å². The topological polar surface area (TPSA) is 88.9 Å². The first-order valence-corrected chi connectivity index (χ1v) is 7.89. The van der Waals surface area contributed by atoms with Gasteiger partial charge >= 0.3 is 0 Å². The average molecular weight is 373 g/mol. The Morgan fingerprint density at radius 1 is 1.28 bits per heavy atom. The molecule has 7 nitrogen and oxygen atoms in total. The predicted octanol–water partition coefficient (Wildman–Crippen LogP) is 1.47. The Kier molecular flexibility index (Phi) is 6.02. The Balaban J connectivity index is 1.86. The van der Waals surface area contributed by atoms with Crippen LogP contribution in [0.3, 0.4) is 0 Å². The lowest BCUT2D eigenvalue weighted by Gasteiger charge is -2.12. The van der Waals surface area contributed by atoms with E-state index in [2.05, 4.69) is 20.8 Å². The van der Waals surface area contributed by atoms with Gasteiger partial charge in [-0.1, -0.05) is 11.8 Å². The third-order valence-electron chi connectivity index (χ3n) is 3.05. The molecular formula is C14H14F3N5O2S. The van der Waals surface area contributed by atoms with Gasteiger partial charge < -0.3 is 15.2 Å². The van der Waals surface area contributed by atoms with Crippen LogP contribution in [0.4, 0.5) is 18.9 Å². The van der Waals surface area contributed by atoms with E-state index in [0.29, 0.717) is 11.2 Å². The highest BCUT2D eigenvalue weighted by atomic mass is 32.2. The molecule has 1 aromatic heterocycles. The number of aryl methyl sites for hydroxylation is 1. The highest BCUT2D eigenvalue weighted by molar-refractivity contribution is 8.00. The second-order valence-corrected chi connectivity index (χ2v) is 6.28. The largest absolute Gasteiger partial charge is 0.346 e. The fraction of sp³-hybridized carbons (Fsp3) is 0.286. The lowest BCUT2D eigenvalue weighted by atomic mass is 10.2. The second-order valence-electron chi connectivity index (χ2n) is 4.97. The molecule has 25 heavy (non-hydrogen) atoms. The summed E-state index contributed by atoms with van der Waals surface area (Å²) in [7, 11) is 1.72. The van der Waals surface area contributed by atoms with Crippen molar-refractivity contribution in [3.63, 3.8) is 0 Å². The van der Waals surface area contributed by atoms with Gasteiger partial charge in [0, 0.05) is 7.05 Å². The first-order chi connectivity index (χ1) is 11.8. The van der Waals surface area contributed by atoms with Gasteiger partial charge in [0.2, 0.25) is 11.8 Å². The van der Waals surface area contributed by atoms with Crippen LogP contribution in [0.25, 0.3) is 0 Å². The number of hydrogen-bond donors (Lipinski definition) is 2. The van der Waals surface area contributed by atoms with E-state index in [4.69, 9.17) is 0 Å². The highest BCUT2D eigenvalue weighted by Crippen LogP contribution is 2.20. The van der Waals surface area contributed by atoms with Crippen molar-refractivity contribution in [2.45, 2.75) is 17.3 Å². The van der Waals surface area contributed by atoms with Crippen molar-refractivity contribution in [1.82, 2.24) is 20.1 Å². The summed E-state index contributed by atoms with van der Waals surface area (Å²) >= 11 is 1.14. The number of carbonyl (C=O) groups excluding carboxylic acids is 2. The van der Waals surface area contributed by atoms with Crippen LogP contribution < -0.4 is 10.6 Å². The van der Waals surface area contributed by atoms with Crippen molar-refractivity contribution in [1.29, 1.82) is 0 Å². The van der Waals surface area contributed by atoms with Gasteiger partial charge in [0.1, 0.15) is 6.33 Å². The molecule has 0 spiro atoms. The fourth-order valence-electron chi connectivity index (χ4n) is 1.72. The molecule has 0 saturated carbocycles. The van der Waals surface area contributed by atoms with Crippen LogP contribution in [0.5, 0.6) is 0 Å². The minimum Gasteiger partial charge on any atom is -0.346 e. The molecule has 1 heterocycles. The molecule has 11 heteroatoms. The van der Waals surface area contributed by atoms with E-state index in [0.717, 1.165) is 17.8 Å². The maximum atomic E-state index is 13.5. The highest BCUT2D eigenvalue weighted by Gasteiger charge is 2.19. The Morgan fingerprint density at radius 3 is 2.64 bits per heavy atom. The Hall–Kier alpha value is -2.56. The van der Waals surface area contributed by atoms with Gasteiger partial charge in [-0.3, -0.25) is 9.59 Å². The van der Waals surface area contributed by atoms with Gasteiger partial charge in [0.05, 0.1) is 17.5 Å². The molecule has 1 aromatic carbocycles. The van der Waals surface area contributed by atoms with Crippen LogP contribution in [0.2, 0.25) is 0 Å². The summed E-state index contributed by atoms with van der Waals surface area (Å²) in [5.41, 5.74) is -0.514. The van der Waals surface area contributed by atoms with Gasteiger partial charge in [0.25, 0.3) is 0 Å². The summed E-state index contributed by atoms with van der Waals surface area (Å²) < 4.78 is 41.0. The third-order valence-corrected chi connectivity index (χ3v) is 4.20. The van der Waals surface area contributed by atoms with Gasteiger partial charge in [-0.15, -0.1) is 10.2 Å². The Morgan fingerprint density at radius 2 is 2.00 bits per heavy atom. The number of amides is 2. The van der Waals surface area contributed by atoms with Gasteiger partial charge in [-0.25, -0.2) is 13.2 Å². The van der Waals surface area contributed by atoms with Crippen LogP contribution in [0, 0.1) is 17.5 Å². The number of halogens is 3. The summed E-state index contributed by atoms with van der Waals surface area (Å²) in [6.45, 7) is 1.16. The molecule has 2 amide bonds. The molecule has 1 atom stereocenters. The zero-order valence-electron chi connectivity index (χ0n) is 13.2. The van der Waals surface area contributed by atoms with Crippen LogP contribution in [-0.2, 0) is 16.6 Å². The number of aromatic nitrogens is 3. The minimum atomic E-state index is -1.68. The standard InChI is InChI=1S/C14H14F3N5O2S/c1-7(25-14-21-19-6-22(14)2)13(24)18-5-10(23)20-9-4-3-8(15)11(16)12(9)17/h3-4,6-7H,5H2,1-2H3,(H,18,24)(H,20,23)/t7-/m1/s1. The second kappa shape index (κ2) is 8.01. The van der Waals surface area contributed by atoms with E-state index < -0.39 is 46.7 Å². The molecular weight excluding hydrogens is 359 g/mol. The number of hydrogen-bond acceptors (Lipinski definition) is 5. The quantitative estimate of drug-likeness (QED) is 0.591. The Labute approximate surface area is 145 Å². The summed E-state index contributed by atoms with van der Waals surface area (Å²) in [6, 6.07) is 1.58. The van der Waals surface area contributed by atoms with Crippen LogP contribution in [-0.4, -0.2) is 38.4 Å². The Bertz CT molecular complexity index is 799. The van der Waals surface area contributed by atoms with Crippen LogP contribution in [0.15, 0.2) is 23.6 Å². The van der Waals surface area contributed by atoms with Crippen molar-refractivity contribution in [2.75, 3.05) is 11.9 Å². The van der Waals surface area contributed by atoms with Crippen molar-refractivity contribution in [2.24, 2.45) is 7.05 Å². The van der Waals surface area contributed by atoms with Gasteiger partial charge in [-0.05, 0) is 19.1 Å². The third kappa shape index (κ3) is 4.72. The number of rotatable bonds is 6. The summed E-state index contributed by atoms with van der Waals surface area (Å²) in [5.74, 6) is -5.79. The molecule has 0 aliphatic rings. The van der Waals surface area contributed by atoms with Crippen LogP contribution in [0.1, 0.15) is 6.92 Å². The summed E-state index contributed by atoms with van der Waals surface area (Å²) in [5, 5.41) is 11.9. The molecule has 0 unspecified atom stereocenters. The minimum absolute atomic E-state index is 0.450. The molecule has 0 saturated heterocycles. The van der Waals surface area contributed by atoms with E-state index in [1.165, 1.54) is 6.33 Å². The van der Waals surface area contributed by atoms with Crippen molar-refractivity contribution in [3.8, 4) is 0 Å². The summed E-state index contributed by atoms with van der Waals surface area (Å²) in [4.78, 5) is 23.7. The molecule has 2 N–H and O–H groups in total. The predicted molar refractivity (Wildman–Crippen MR) is 84.3 cm³/mol. The molecule has 0 bridgehead atoms. The number of carbonyl (C=O) groups is 2. The molecule has 0 fully saturated rings. The molecule has 2 rings (SSSR count). The maximum Gasteiger partial charge on any atom is 0.243 e. The van der Waals surface area contributed by atoms with E-state index >= 15 is 0 Å². The molecule has 0 aliphatic carbocycles. The maximum absolute atomic E-state index is 13.5. The van der Waals surface area contributed by atoms with Crippen LogP contribution >= 0.6 is 11.8 Å². The lowest BCUT2D eigenvalue weighted by molar-refractivity contribution is -0.123. The zero-order chi connectivity index (χ0) is 18.6. The normalized spacial score (nSPS) is 11.9. The van der Waals surface area contributed by atoms with E-state index in [1.54, 1.807) is 18.5 Å². The average Bonchev–Trinajstić information content (AvgIpc) is 2.98. The number of nitrogens with zero attached hydrogens (tertiary/aromatic N) is 3. The number of benzene rings is 1. The van der Waals surface area contributed by atoms with Gasteiger partial charge in [-0.2, -0.15) is 0 Å². The zero-order valence-corrected chi connectivity index (χ0v) is 14.0. The van der Waals surface area contributed by atoms with Crippen molar-refractivity contribution >= 4 is 29.3 Å². The number of thioether (sulfide) groups is 1. The van der Waals surface area contributed by atoms with Crippen molar-refractivity contribution < 1.29 is 22.8 Å². The first-order valence-electron chi connectivity index (χ1n) is 7.01. The molecule has 134 valence electrons. The molecule has 0 radical (unpaired) electrons. The molecule has 2 aromatic rings. The molecule has 0 aliphatic heterocycles. The first kappa shape index (κ1) is 18.8. The lowest BCUT2D eigenvalue weighted by Crippen LogP contribution is -2.37. The van der Waals surface area contributed by atoms with E-state index in [-0.39, 0.29) is 0 Å². The summed E-state index contributed by atoms with van der Waals surface area (Å²) in [6.07, 6.45) is 1.48. The monoisotopic (exact) mass is 373 g/mol. The number of anilines is 1. The van der Waals surface area contributed by atoms with E-state index in [1.807, 2.05) is 0 Å². The van der Waals surface area contributed by atoms with E-state index in [9.17, 15) is 22.8 Å². The smallest absolute Gasteiger partial charge is 0.243 e. The fourth-order valence-corrected chi connectivity index (χ4v) is 2.53.